The number of hydrogen-bond donors (Lipinski definition) is 1. The quantitative estimate of drug-likeness (QED) is 0.412. The van der Waals surface area contributed by atoms with Crippen LogP contribution in [0.25, 0.3) is 0 Å². The van der Waals surface area contributed by atoms with Crippen molar-refractivity contribution in [3.63, 3.8) is 0 Å². The minimum Gasteiger partial charge on any atom is -0.393 e. The number of carbonyl (C=O) groups excluding carboxylic acids is 1. The lowest BCUT2D eigenvalue weighted by atomic mass is 9.58. The van der Waals surface area contributed by atoms with Gasteiger partial charge in [-0.05, 0) is 54.4 Å². The van der Waals surface area contributed by atoms with E-state index in [9.17, 15) is 9.90 Å². The maximum absolute atomic E-state index is 12.7. The molecule has 0 bridgehead atoms. The van der Waals surface area contributed by atoms with E-state index < -0.39 is 0 Å². The summed E-state index contributed by atoms with van der Waals surface area (Å²) >= 11 is 0. The minimum absolute atomic E-state index is 0.0493. The van der Waals surface area contributed by atoms with E-state index in [4.69, 9.17) is 0 Å². The maximum Gasteiger partial charge on any atom is 0.249 e. The Labute approximate surface area is 182 Å². The number of nitrogens with zero attached hydrogens (tertiary/aromatic N) is 1. The predicted octanol–water partition coefficient (Wildman–Crippen LogP) is 5.24. The molecule has 3 nitrogen and oxygen atoms in total. The third-order valence-electron chi connectivity index (χ3n) is 7.21. The molecule has 1 amide bonds. The number of benzene rings is 1. The van der Waals surface area contributed by atoms with E-state index in [1.54, 1.807) is 4.90 Å². The lowest BCUT2D eigenvalue weighted by molar-refractivity contribution is -0.126. The van der Waals surface area contributed by atoms with Crippen LogP contribution in [0.3, 0.4) is 0 Å². The molecule has 1 fully saturated rings. The van der Waals surface area contributed by atoms with Gasteiger partial charge in [0.05, 0.1) is 6.10 Å². The van der Waals surface area contributed by atoms with Crippen LogP contribution < -0.4 is 0 Å². The molecular formula is C27H37NO2. The Balaban J connectivity index is 1.68. The molecule has 0 heterocycles. The second-order valence-electron chi connectivity index (χ2n) is 9.51. The molecule has 1 saturated carbocycles. The van der Waals surface area contributed by atoms with Crippen molar-refractivity contribution in [2.75, 3.05) is 7.05 Å². The standard InChI is InChI=1S/C27H37NO2/c1-18-14-15-23-16-20(3)26(29)21(4)25(23)24(18)13-9-10-19(2)27(30)28(5)17-22-11-7-6-8-12-22/h6-15,18,20-21,23-26,29H,16-17H2,1-5H3/b13-9+,19-10+/t18-,20-,21+,23+,24+,25-,26+/m1/s1. The average Bonchev–Trinajstić information content (AvgIpc) is 2.73. The van der Waals surface area contributed by atoms with E-state index in [-0.39, 0.29) is 17.9 Å². The van der Waals surface area contributed by atoms with Crippen LogP contribution in [-0.4, -0.2) is 29.1 Å². The van der Waals surface area contributed by atoms with Gasteiger partial charge in [0.2, 0.25) is 5.91 Å². The molecule has 0 spiro atoms. The number of fused-ring (bicyclic) bond motifs is 1. The Morgan fingerprint density at radius 2 is 1.87 bits per heavy atom. The van der Waals surface area contributed by atoms with Crippen LogP contribution in [0.5, 0.6) is 0 Å². The fraction of sp³-hybridized carbons (Fsp3) is 0.519. The van der Waals surface area contributed by atoms with Crippen LogP contribution >= 0.6 is 0 Å². The third kappa shape index (κ3) is 4.95. The molecule has 0 radical (unpaired) electrons. The van der Waals surface area contributed by atoms with Crippen LogP contribution in [0, 0.1) is 35.5 Å². The van der Waals surface area contributed by atoms with Crippen molar-refractivity contribution in [3.05, 3.63) is 71.8 Å². The van der Waals surface area contributed by atoms with Gasteiger partial charge in [-0.1, -0.05) is 81.5 Å². The maximum atomic E-state index is 12.7. The summed E-state index contributed by atoms with van der Waals surface area (Å²) in [7, 11) is 1.85. The van der Waals surface area contributed by atoms with Gasteiger partial charge in [0, 0.05) is 19.2 Å². The summed E-state index contributed by atoms with van der Waals surface area (Å²) in [4.78, 5) is 14.5. The van der Waals surface area contributed by atoms with Crippen LogP contribution in [0.4, 0.5) is 0 Å². The summed E-state index contributed by atoms with van der Waals surface area (Å²) < 4.78 is 0. The monoisotopic (exact) mass is 407 g/mol. The normalized spacial score (nSPS) is 34.1. The zero-order chi connectivity index (χ0) is 21.8. The van der Waals surface area contributed by atoms with E-state index in [0.29, 0.717) is 36.1 Å². The molecule has 1 N–H and O–H groups in total. The number of hydrogen-bond acceptors (Lipinski definition) is 2. The minimum atomic E-state index is -0.230. The largest absolute Gasteiger partial charge is 0.393 e. The molecule has 2 aliphatic carbocycles. The van der Waals surface area contributed by atoms with Gasteiger partial charge in [0.15, 0.2) is 0 Å². The van der Waals surface area contributed by atoms with Crippen molar-refractivity contribution in [2.45, 2.75) is 46.8 Å². The summed E-state index contributed by atoms with van der Waals surface area (Å²) in [6.07, 6.45) is 11.8. The van der Waals surface area contributed by atoms with Crippen LogP contribution in [0.2, 0.25) is 0 Å². The first-order chi connectivity index (χ1) is 14.3. The number of carbonyl (C=O) groups is 1. The van der Waals surface area contributed by atoms with E-state index in [1.165, 1.54) is 0 Å². The number of aliphatic hydroxyl groups is 1. The highest BCUT2D eigenvalue weighted by atomic mass is 16.3. The van der Waals surface area contributed by atoms with Crippen molar-refractivity contribution in [3.8, 4) is 0 Å². The smallest absolute Gasteiger partial charge is 0.249 e. The molecule has 0 unspecified atom stereocenters. The molecule has 7 atom stereocenters. The van der Waals surface area contributed by atoms with Gasteiger partial charge in [-0.3, -0.25) is 4.79 Å². The van der Waals surface area contributed by atoms with Crippen molar-refractivity contribution in [1.29, 1.82) is 0 Å². The van der Waals surface area contributed by atoms with Gasteiger partial charge >= 0.3 is 0 Å². The molecule has 0 aromatic heterocycles. The topological polar surface area (TPSA) is 40.5 Å². The van der Waals surface area contributed by atoms with Gasteiger partial charge in [-0.25, -0.2) is 0 Å². The summed E-state index contributed by atoms with van der Waals surface area (Å²) in [6, 6.07) is 10.1. The summed E-state index contributed by atoms with van der Waals surface area (Å²) in [5.41, 5.74) is 1.87. The highest BCUT2D eigenvalue weighted by Gasteiger charge is 2.44. The second-order valence-corrected chi connectivity index (χ2v) is 9.51. The van der Waals surface area contributed by atoms with Crippen molar-refractivity contribution < 1.29 is 9.90 Å². The molecule has 1 aromatic rings. The van der Waals surface area contributed by atoms with Gasteiger partial charge in [0.1, 0.15) is 0 Å². The molecule has 30 heavy (non-hydrogen) atoms. The van der Waals surface area contributed by atoms with Crippen molar-refractivity contribution in [2.24, 2.45) is 35.5 Å². The fourth-order valence-corrected chi connectivity index (χ4v) is 5.43. The Morgan fingerprint density at radius 3 is 2.57 bits per heavy atom. The van der Waals surface area contributed by atoms with Gasteiger partial charge in [-0.15, -0.1) is 0 Å². The predicted molar refractivity (Wildman–Crippen MR) is 124 cm³/mol. The number of allylic oxidation sites excluding steroid dienone is 5. The number of aliphatic hydroxyl groups excluding tert-OH is 1. The molecule has 2 aliphatic rings. The van der Waals surface area contributed by atoms with Gasteiger partial charge < -0.3 is 10.0 Å². The zero-order valence-corrected chi connectivity index (χ0v) is 19.0. The lowest BCUT2D eigenvalue weighted by Crippen LogP contribution is -2.46. The molecule has 0 saturated heterocycles. The average molecular weight is 408 g/mol. The Kier molecular flexibility index (Phi) is 7.36. The van der Waals surface area contributed by atoms with E-state index in [1.807, 2.05) is 50.4 Å². The summed E-state index contributed by atoms with van der Waals surface area (Å²) in [5, 5.41) is 10.6. The van der Waals surface area contributed by atoms with E-state index in [0.717, 1.165) is 17.6 Å². The van der Waals surface area contributed by atoms with Crippen LogP contribution in [0.15, 0.2) is 66.3 Å². The highest BCUT2D eigenvalue weighted by Crippen LogP contribution is 2.48. The van der Waals surface area contributed by atoms with Crippen LogP contribution in [-0.2, 0) is 11.3 Å². The van der Waals surface area contributed by atoms with Crippen molar-refractivity contribution in [1.82, 2.24) is 4.90 Å². The molecular weight excluding hydrogens is 370 g/mol. The highest BCUT2D eigenvalue weighted by molar-refractivity contribution is 5.92. The number of likely N-dealkylation sites (N-methyl/N-ethyl adjacent to an activating group) is 1. The fourth-order valence-electron chi connectivity index (χ4n) is 5.43. The second kappa shape index (κ2) is 9.78. The summed E-state index contributed by atoms with van der Waals surface area (Å²) in [5.74, 6) is 2.50. The molecule has 1 aromatic carbocycles. The summed E-state index contributed by atoms with van der Waals surface area (Å²) in [6.45, 7) is 9.12. The number of rotatable bonds is 5. The SMILES string of the molecule is C/C(=C\C=C\[C@@H]1[C@@H]2[C@H](C)[C@@H](O)[C@H](C)C[C@@H]2C=C[C@H]1C)C(=O)N(C)Cc1ccccc1. The Bertz CT molecular complexity index is 809. The van der Waals surface area contributed by atoms with Gasteiger partial charge in [0.25, 0.3) is 0 Å². The first-order valence-electron chi connectivity index (χ1n) is 11.3. The third-order valence-corrected chi connectivity index (χ3v) is 7.21. The Morgan fingerprint density at radius 1 is 1.17 bits per heavy atom. The van der Waals surface area contributed by atoms with E-state index >= 15 is 0 Å². The van der Waals surface area contributed by atoms with E-state index in [2.05, 4.69) is 45.1 Å². The molecule has 0 aliphatic heterocycles. The first-order valence-corrected chi connectivity index (χ1v) is 11.3. The Hall–Kier alpha value is -2.13. The first kappa shape index (κ1) is 22.6. The van der Waals surface area contributed by atoms with Crippen LogP contribution in [0.1, 0.15) is 39.7 Å². The molecule has 3 heteroatoms. The zero-order valence-electron chi connectivity index (χ0n) is 19.0. The van der Waals surface area contributed by atoms with Crippen molar-refractivity contribution >= 4 is 5.91 Å². The lowest BCUT2D eigenvalue weighted by Gasteiger charge is -2.48. The molecule has 162 valence electrons. The van der Waals surface area contributed by atoms with Gasteiger partial charge in [-0.2, -0.15) is 0 Å². The molecule has 3 rings (SSSR count). The number of amides is 1.